The van der Waals surface area contributed by atoms with Gasteiger partial charge >= 0.3 is 5.97 Å². The van der Waals surface area contributed by atoms with Crippen molar-refractivity contribution < 1.29 is 19.1 Å². The standard InChI is InChI=1S/C15H19ClN2O4S/c1-22-14(20)6-5-13(19)17-7-2-8-18(10-9-17)15(21)11-3-4-12(16)23-11/h3-4H,2,5-10H2,1H3. The first-order chi connectivity index (χ1) is 11.0. The van der Waals surface area contributed by atoms with Crippen molar-refractivity contribution in [1.82, 2.24) is 9.80 Å². The summed E-state index contributed by atoms with van der Waals surface area (Å²) in [5, 5.41) is 0. The summed E-state index contributed by atoms with van der Waals surface area (Å²) in [6, 6.07) is 3.43. The number of thiophene rings is 1. The smallest absolute Gasteiger partial charge is 0.306 e. The molecular weight excluding hydrogens is 340 g/mol. The fourth-order valence-corrected chi connectivity index (χ4v) is 3.44. The van der Waals surface area contributed by atoms with Gasteiger partial charge in [0.25, 0.3) is 5.91 Å². The maximum absolute atomic E-state index is 12.4. The predicted molar refractivity (Wildman–Crippen MR) is 87.7 cm³/mol. The molecule has 1 aliphatic rings. The highest BCUT2D eigenvalue weighted by Gasteiger charge is 2.23. The van der Waals surface area contributed by atoms with Gasteiger partial charge in [-0.25, -0.2) is 0 Å². The number of carbonyl (C=O) groups is 3. The SMILES string of the molecule is COC(=O)CCC(=O)N1CCCN(C(=O)c2ccc(Cl)s2)CC1. The van der Waals surface area contributed by atoms with Crippen molar-refractivity contribution in [2.75, 3.05) is 33.3 Å². The number of ether oxygens (including phenoxy) is 1. The molecule has 23 heavy (non-hydrogen) atoms. The van der Waals surface area contributed by atoms with Crippen molar-refractivity contribution in [3.8, 4) is 0 Å². The second-order valence-electron chi connectivity index (χ2n) is 5.21. The molecule has 0 aromatic carbocycles. The summed E-state index contributed by atoms with van der Waals surface area (Å²) in [6.07, 6.45) is 0.943. The molecule has 0 aliphatic carbocycles. The second kappa shape index (κ2) is 8.31. The first-order valence-corrected chi connectivity index (χ1v) is 8.60. The van der Waals surface area contributed by atoms with Crippen molar-refractivity contribution in [2.24, 2.45) is 0 Å². The average molecular weight is 359 g/mol. The van der Waals surface area contributed by atoms with Gasteiger partial charge < -0.3 is 14.5 Å². The topological polar surface area (TPSA) is 66.9 Å². The summed E-state index contributed by atoms with van der Waals surface area (Å²) >= 11 is 7.13. The normalized spacial score (nSPS) is 15.2. The molecule has 126 valence electrons. The van der Waals surface area contributed by atoms with Gasteiger partial charge in [-0.1, -0.05) is 11.6 Å². The van der Waals surface area contributed by atoms with E-state index in [9.17, 15) is 14.4 Å². The minimum atomic E-state index is -0.389. The Morgan fingerprint density at radius 2 is 1.83 bits per heavy atom. The van der Waals surface area contributed by atoms with Crippen LogP contribution in [0.4, 0.5) is 0 Å². The van der Waals surface area contributed by atoms with E-state index in [2.05, 4.69) is 4.74 Å². The molecule has 0 N–H and O–H groups in total. The Labute approximate surface area is 144 Å². The molecule has 0 saturated carbocycles. The number of methoxy groups -OCH3 is 1. The van der Waals surface area contributed by atoms with Crippen LogP contribution in [0.5, 0.6) is 0 Å². The lowest BCUT2D eigenvalue weighted by Crippen LogP contribution is -2.37. The molecule has 1 saturated heterocycles. The molecule has 1 aromatic heterocycles. The van der Waals surface area contributed by atoms with E-state index in [1.807, 2.05) is 0 Å². The zero-order valence-corrected chi connectivity index (χ0v) is 14.5. The van der Waals surface area contributed by atoms with Crippen molar-refractivity contribution >= 4 is 40.7 Å². The van der Waals surface area contributed by atoms with E-state index in [4.69, 9.17) is 11.6 Å². The number of hydrogen-bond acceptors (Lipinski definition) is 5. The second-order valence-corrected chi connectivity index (χ2v) is 6.92. The minimum Gasteiger partial charge on any atom is -0.469 e. The molecule has 0 unspecified atom stereocenters. The van der Waals surface area contributed by atoms with E-state index < -0.39 is 0 Å². The summed E-state index contributed by atoms with van der Waals surface area (Å²) in [5.74, 6) is -0.519. The molecule has 1 fully saturated rings. The quantitative estimate of drug-likeness (QED) is 0.772. The van der Waals surface area contributed by atoms with Crippen molar-refractivity contribution in [2.45, 2.75) is 19.3 Å². The third-order valence-electron chi connectivity index (χ3n) is 3.69. The molecule has 0 spiro atoms. The number of rotatable bonds is 4. The molecule has 1 aliphatic heterocycles. The van der Waals surface area contributed by atoms with Crippen molar-refractivity contribution in [1.29, 1.82) is 0 Å². The van der Waals surface area contributed by atoms with E-state index in [1.54, 1.807) is 21.9 Å². The number of hydrogen-bond donors (Lipinski definition) is 0. The number of nitrogens with zero attached hydrogens (tertiary/aromatic N) is 2. The third-order valence-corrected chi connectivity index (χ3v) is 4.91. The summed E-state index contributed by atoms with van der Waals surface area (Å²) < 4.78 is 5.13. The molecule has 2 heterocycles. The van der Waals surface area contributed by atoms with Crippen LogP contribution in [0.1, 0.15) is 28.9 Å². The lowest BCUT2D eigenvalue weighted by atomic mass is 10.2. The highest BCUT2D eigenvalue weighted by Crippen LogP contribution is 2.23. The lowest BCUT2D eigenvalue weighted by Gasteiger charge is -2.21. The fraction of sp³-hybridized carbons (Fsp3) is 0.533. The first kappa shape index (κ1) is 17.7. The van der Waals surface area contributed by atoms with Crippen LogP contribution < -0.4 is 0 Å². The fourth-order valence-electron chi connectivity index (χ4n) is 2.42. The number of carbonyl (C=O) groups excluding carboxylic acids is 3. The van der Waals surface area contributed by atoms with Gasteiger partial charge in [-0.3, -0.25) is 14.4 Å². The number of amides is 2. The van der Waals surface area contributed by atoms with Gasteiger partial charge in [0.1, 0.15) is 0 Å². The Hall–Kier alpha value is -1.60. The van der Waals surface area contributed by atoms with Gasteiger partial charge in [-0.05, 0) is 18.6 Å². The van der Waals surface area contributed by atoms with Gasteiger partial charge in [0.05, 0.1) is 22.7 Å². The molecule has 2 rings (SSSR count). The molecule has 1 aromatic rings. The van der Waals surface area contributed by atoms with E-state index in [0.717, 1.165) is 6.42 Å². The Balaban J connectivity index is 1.88. The Bertz CT molecular complexity index is 590. The molecule has 2 amide bonds. The monoisotopic (exact) mass is 358 g/mol. The van der Waals surface area contributed by atoms with Gasteiger partial charge in [-0.2, -0.15) is 0 Å². The van der Waals surface area contributed by atoms with E-state index in [0.29, 0.717) is 35.4 Å². The van der Waals surface area contributed by atoms with Gasteiger partial charge in [0.15, 0.2) is 0 Å². The molecular formula is C15H19ClN2O4S. The highest BCUT2D eigenvalue weighted by atomic mass is 35.5. The lowest BCUT2D eigenvalue weighted by molar-refractivity contribution is -0.143. The molecule has 8 heteroatoms. The van der Waals surface area contributed by atoms with Gasteiger partial charge in [-0.15, -0.1) is 11.3 Å². The summed E-state index contributed by atoms with van der Waals surface area (Å²) in [7, 11) is 1.30. The first-order valence-electron chi connectivity index (χ1n) is 7.40. The minimum absolute atomic E-state index is 0.0502. The van der Waals surface area contributed by atoms with Crippen molar-refractivity contribution in [3.63, 3.8) is 0 Å². The summed E-state index contributed by atoms with van der Waals surface area (Å²) in [4.78, 5) is 39.7. The van der Waals surface area contributed by atoms with Crippen LogP contribution in [-0.2, 0) is 14.3 Å². The summed E-state index contributed by atoms with van der Waals surface area (Å²) in [5.41, 5.74) is 0. The average Bonchev–Trinajstić information content (AvgIpc) is 2.84. The maximum Gasteiger partial charge on any atom is 0.306 e. The van der Waals surface area contributed by atoms with Crippen LogP contribution in [0, 0.1) is 0 Å². The van der Waals surface area contributed by atoms with E-state index >= 15 is 0 Å². The highest BCUT2D eigenvalue weighted by molar-refractivity contribution is 7.17. The van der Waals surface area contributed by atoms with Gasteiger partial charge in [0, 0.05) is 32.6 Å². The molecule has 0 atom stereocenters. The van der Waals surface area contributed by atoms with Crippen LogP contribution in [0.3, 0.4) is 0 Å². The zero-order valence-electron chi connectivity index (χ0n) is 12.9. The summed E-state index contributed by atoms with van der Waals surface area (Å²) in [6.45, 7) is 2.16. The zero-order chi connectivity index (χ0) is 16.8. The number of halogens is 1. The number of esters is 1. The molecule has 0 bridgehead atoms. The van der Waals surface area contributed by atoms with Crippen molar-refractivity contribution in [3.05, 3.63) is 21.3 Å². The maximum atomic E-state index is 12.4. The third kappa shape index (κ3) is 4.94. The largest absolute Gasteiger partial charge is 0.469 e. The molecule has 0 radical (unpaired) electrons. The van der Waals surface area contributed by atoms with Crippen LogP contribution in [0.25, 0.3) is 0 Å². The Morgan fingerprint density at radius 1 is 1.13 bits per heavy atom. The Morgan fingerprint density at radius 3 is 2.48 bits per heavy atom. The predicted octanol–water partition coefficient (Wildman–Crippen LogP) is 2.03. The Kier molecular flexibility index (Phi) is 6.41. The van der Waals surface area contributed by atoms with Gasteiger partial charge in [0.2, 0.25) is 5.91 Å². The van der Waals surface area contributed by atoms with Crippen LogP contribution in [-0.4, -0.2) is 60.9 Å². The van der Waals surface area contributed by atoms with Crippen LogP contribution in [0.15, 0.2) is 12.1 Å². The van der Waals surface area contributed by atoms with Crippen LogP contribution >= 0.6 is 22.9 Å². The van der Waals surface area contributed by atoms with E-state index in [-0.39, 0.29) is 30.6 Å². The van der Waals surface area contributed by atoms with E-state index in [1.165, 1.54) is 18.4 Å². The molecule has 6 nitrogen and oxygen atoms in total. The van der Waals surface area contributed by atoms with Crippen LogP contribution in [0.2, 0.25) is 4.34 Å².